The second kappa shape index (κ2) is 12.8. The van der Waals surface area contributed by atoms with Crippen LogP contribution in [0.4, 0.5) is 5.69 Å². The van der Waals surface area contributed by atoms with E-state index >= 15 is 0 Å². The molecule has 1 aliphatic carbocycles. The summed E-state index contributed by atoms with van der Waals surface area (Å²) in [5, 5.41) is 3.63. The lowest BCUT2D eigenvalue weighted by Crippen LogP contribution is -2.31. The minimum atomic E-state index is 0.701. The second-order valence-corrected chi connectivity index (χ2v) is 9.78. The second-order valence-electron chi connectivity index (χ2n) is 9.78. The zero-order valence-corrected chi connectivity index (χ0v) is 20.1. The van der Waals surface area contributed by atoms with Crippen LogP contribution in [0.25, 0.3) is 11.1 Å². The number of ether oxygens (including phenoxy) is 1. The summed E-state index contributed by atoms with van der Waals surface area (Å²) in [6, 6.07) is 14.2. The molecule has 1 saturated heterocycles. The number of benzene rings is 2. The number of nitrogens with one attached hydrogen (secondary N) is 1. The van der Waals surface area contributed by atoms with Crippen LogP contribution in [0.3, 0.4) is 0 Å². The molecule has 0 bridgehead atoms. The predicted octanol–water partition coefficient (Wildman–Crippen LogP) is 6.80. The molecule has 33 heavy (non-hydrogen) atoms. The Morgan fingerprint density at radius 3 is 2.55 bits per heavy atom. The fraction of sp³-hybridized carbons (Fsp3) is 0.552. The number of hydrogen-bond donors (Lipinski definition) is 1. The molecular weight excluding hydrogens is 408 g/mol. The number of aldehydes is 1. The Labute approximate surface area is 199 Å². The molecule has 4 nitrogen and oxygen atoms in total. The van der Waals surface area contributed by atoms with E-state index in [0.29, 0.717) is 5.56 Å². The molecule has 2 aromatic carbocycles. The number of anilines is 1. The Kier molecular flexibility index (Phi) is 9.23. The highest BCUT2D eigenvalue weighted by molar-refractivity contribution is 5.80. The highest BCUT2D eigenvalue weighted by Gasteiger charge is 2.15. The van der Waals surface area contributed by atoms with E-state index in [4.69, 9.17) is 4.74 Å². The molecule has 4 rings (SSSR count). The molecule has 1 saturated carbocycles. The molecule has 0 aromatic heterocycles. The van der Waals surface area contributed by atoms with Crippen LogP contribution in [0.5, 0.6) is 5.75 Å². The molecule has 1 N–H and O–H groups in total. The normalized spacial score (nSPS) is 17.6. The summed E-state index contributed by atoms with van der Waals surface area (Å²) in [5.74, 6) is 1.74. The summed E-state index contributed by atoms with van der Waals surface area (Å²) in [6.45, 7) is 5.40. The van der Waals surface area contributed by atoms with E-state index in [1.807, 2.05) is 18.2 Å². The van der Waals surface area contributed by atoms with Gasteiger partial charge in [-0.1, -0.05) is 62.8 Å². The lowest BCUT2D eigenvalue weighted by Gasteiger charge is -2.26. The van der Waals surface area contributed by atoms with Gasteiger partial charge in [0, 0.05) is 12.1 Å². The van der Waals surface area contributed by atoms with Crippen molar-refractivity contribution in [3.8, 4) is 16.9 Å². The van der Waals surface area contributed by atoms with Crippen molar-refractivity contribution in [2.75, 3.05) is 38.1 Å². The van der Waals surface area contributed by atoms with E-state index in [1.165, 1.54) is 71.0 Å². The van der Waals surface area contributed by atoms with Crippen molar-refractivity contribution < 1.29 is 9.53 Å². The number of nitrogens with zero attached hydrogens (tertiary/aromatic N) is 1. The van der Waals surface area contributed by atoms with Gasteiger partial charge in [-0.15, -0.1) is 0 Å². The molecule has 0 radical (unpaired) electrons. The van der Waals surface area contributed by atoms with Crippen LogP contribution < -0.4 is 10.1 Å². The zero-order valence-electron chi connectivity index (χ0n) is 20.1. The van der Waals surface area contributed by atoms with Crippen LogP contribution in [0.2, 0.25) is 0 Å². The van der Waals surface area contributed by atoms with Gasteiger partial charge < -0.3 is 15.0 Å². The van der Waals surface area contributed by atoms with Crippen molar-refractivity contribution in [2.45, 2.75) is 64.2 Å². The molecule has 2 aromatic rings. The Balaban J connectivity index is 1.39. The maximum absolute atomic E-state index is 11.2. The Bertz CT molecular complexity index is 870. The van der Waals surface area contributed by atoms with E-state index in [0.717, 1.165) is 60.8 Å². The van der Waals surface area contributed by atoms with Gasteiger partial charge in [0.1, 0.15) is 12.0 Å². The molecule has 0 atom stereocenters. The topological polar surface area (TPSA) is 41.6 Å². The third-order valence-electron chi connectivity index (χ3n) is 7.26. The van der Waals surface area contributed by atoms with Crippen LogP contribution in [0.15, 0.2) is 42.5 Å². The molecule has 4 heteroatoms. The highest BCUT2D eigenvalue weighted by Crippen LogP contribution is 2.32. The standard InChI is InChI=1S/C29H40N2O2/c32-23-25-11-7-12-26(21-25)27-13-14-28(30-16-8-19-31-17-5-2-6-18-31)29(22-27)33-20-15-24-9-3-1-4-10-24/h7,11-14,21-24,30H,1-6,8-10,15-20H2. The summed E-state index contributed by atoms with van der Waals surface area (Å²) in [4.78, 5) is 13.8. The number of likely N-dealkylation sites (tertiary alicyclic amines) is 1. The molecule has 1 heterocycles. The van der Waals surface area contributed by atoms with Gasteiger partial charge in [-0.3, -0.25) is 4.79 Å². The Morgan fingerprint density at radius 1 is 0.939 bits per heavy atom. The monoisotopic (exact) mass is 448 g/mol. The third kappa shape index (κ3) is 7.33. The van der Waals surface area contributed by atoms with Gasteiger partial charge in [-0.2, -0.15) is 0 Å². The van der Waals surface area contributed by atoms with Crippen molar-refractivity contribution >= 4 is 12.0 Å². The maximum atomic E-state index is 11.2. The lowest BCUT2D eigenvalue weighted by molar-refractivity contribution is 0.112. The average Bonchev–Trinajstić information content (AvgIpc) is 2.88. The number of piperidine rings is 1. The van der Waals surface area contributed by atoms with E-state index in [-0.39, 0.29) is 0 Å². The van der Waals surface area contributed by atoms with Gasteiger partial charge in [0.15, 0.2) is 0 Å². The van der Waals surface area contributed by atoms with E-state index < -0.39 is 0 Å². The first kappa shape index (κ1) is 23.8. The average molecular weight is 449 g/mol. The quantitative estimate of drug-likeness (QED) is 0.303. The number of hydrogen-bond acceptors (Lipinski definition) is 4. The first-order valence-electron chi connectivity index (χ1n) is 13.1. The first-order chi connectivity index (χ1) is 16.3. The lowest BCUT2D eigenvalue weighted by atomic mass is 9.87. The van der Waals surface area contributed by atoms with Crippen LogP contribution in [-0.2, 0) is 0 Å². The van der Waals surface area contributed by atoms with E-state index in [9.17, 15) is 4.79 Å². The summed E-state index contributed by atoms with van der Waals surface area (Å²) in [7, 11) is 0. The van der Waals surface area contributed by atoms with Gasteiger partial charge in [0.2, 0.25) is 0 Å². The molecule has 2 aliphatic rings. The first-order valence-corrected chi connectivity index (χ1v) is 13.1. The van der Waals surface area contributed by atoms with Crippen LogP contribution in [0, 0.1) is 5.92 Å². The molecule has 0 unspecified atom stereocenters. The smallest absolute Gasteiger partial charge is 0.150 e. The summed E-state index contributed by atoms with van der Waals surface area (Å²) in [6.07, 6.45) is 14.1. The van der Waals surface area contributed by atoms with Crippen LogP contribution in [0.1, 0.15) is 74.6 Å². The van der Waals surface area contributed by atoms with Crippen molar-refractivity contribution in [3.63, 3.8) is 0 Å². The fourth-order valence-electron chi connectivity index (χ4n) is 5.28. The van der Waals surface area contributed by atoms with Crippen LogP contribution in [-0.4, -0.2) is 44.0 Å². The van der Waals surface area contributed by atoms with Crippen molar-refractivity contribution in [3.05, 3.63) is 48.0 Å². The van der Waals surface area contributed by atoms with Gasteiger partial charge in [-0.25, -0.2) is 0 Å². The number of rotatable bonds is 11. The SMILES string of the molecule is O=Cc1cccc(-c2ccc(NCCCN3CCCCC3)c(OCCC3CCCCC3)c2)c1. The molecule has 0 amide bonds. The van der Waals surface area contributed by atoms with Gasteiger partial charge in [0.25, 0.3) is 0 Å². The molecule has 178 valence electrons. The molecule has 2 fully saturated rings. The minimum Gasteiger partial charge on any atom is -0.491 e. The van der Waals surface area contributed by atoms with Gasteiger partial charge in [-0.05, 0) is 80.6 Å². The maximum Gasteiger partial charge on any atom is 0.150 e. The van der Waals surface area contributed by atoms with Crippen LogP contribution >= 0.6 is 0 Å². The molecular formula is C29H40N2O2. The Morgan fingerprint density at radius 2 is 1.73 bits per heavy atom. The Hall–Kier alpha value is -2.33. The molecule has 1 aliphatic heterocycles. The third-order valence-corrected chi connectivity index (χ3v) is 7.26. The minimum absolute atomic E-state index is 0.701. The van der Waals surface area contributed by atoms with E-state index in [2.05, 4.69) is 34.5 Å². The molecule has 0 spiro atoms. The van der Waals surface area contributed by atoms with E-state index in [1.54, 1.807) is 0 Å². The van der Waals surface area contributed by atoms with Crippen molar-refractivity contribution in [1.29, 1.82) is 0 Å². The largest absolute Gasteiger partial charge is 0.491 e. The summed E-state index contributed by atoms with van der Waals surface area (Å²) < 4.78 is 6.36. The number of carbonyl (C=O) groups is 1. The van der Waals surface area contributed by atoms with Crippen molar-refractivity contribution in [2.24, 2.45) is 5.92 Å². The predicted molar refractivity (Wildman–Crippen MR) is 137 cm³/mol. The number of carbonyl (C=O) groups excluding carboxylic acids is 1. The summed E-state index contributed by atoms with van der Waals surface area (Å²) >= 11 is 0. The van der Waals surface area contributed by atoms with Crippen molar-refractivity contribution in [1.82, 2.24) is 4.90 Å². The zero-order chi connectivity index (χ0) is 22.7. The fourth-order valence-corrected chi connectivity index (χ4v) is 5.28. The summed E-state index contributed by atoms with van der Waals surface area (Å²) in [5.41, 5.74) is 3.92. The van der Waals surface area contributed by atoms with Gasteiger partial charge >= 0.3 is 0 Å². The van der Waals surface area contributed by atoms with Gasteiger partial charge in [0.05, 0.1) is 12.3 Å². The highest BCUT2D eigenvalue weighted by atomic mass is 16.5.